The number of piperidine rings is 1. The number of ether oxygens (including phenoxy) is 2. The number of amides is 2. The van der Waals surface area contributed by atoms with Gasteiger partial charge in [0.25, 0.3) is 5.91 Å². The summed E-state index contributed by atoms with van der Waals surface area (Å²) < 4.78 is 10.9. The molecule has 1 aromatic rings. The van der Waals surface area contributed by atoms with Gasteiger partial charge in [-0.05, 0) is 62.8 Å². The molecular weight excluding hydrogens is 430 g/mol. The number of benzene rings is 1. The minimum Gasteiger partial charge on any atom is -0.459 e. The fourth-order valence-corrected chi connectivity index (χ4v) is 5.11. The number of anilines is 1. The average molecular weight is 460 g/mol. The van der Waals surface area contributed by atoms with Crippen molar-refractivity contribution in [2.45, 2.75) is 56.3 Å². The van der Waals surface area contributed by atoms with E-state index in [0.717, 1.165) is 50.4 Å². The van der Waals surface area contributed by atoms with Crippen molar-refractivity contribution in [3.63, 3.8) is 0 Å². The lowest BCUT2D eigenvalue weighted by Crippen LogP contribution is -2.33. The van der Waals surface area contributed by atoms with Gasteiger partial charge in [-0.3, -0.25) is 9.59 Å². The summed E-state index contributed by atoms with van der Waals surface area (Å²) in [6.07, 6.45) is 6.51. The Bertz CT molecular complexity index is 861. The molecule has 32 heavy (non-hydrogen) atoms. The summed E-state index contributed by atoms with van der Waals surface area (Å²) in [7, 11) is 0. The first-order chi connectivity index (χ1) is 15.6. The molecule has 1 aromatic carbocycles. The zero-order valence-corrected chi connectivity index (χ0v) is 18.9. The van der Waals surface area contributed by atoms with Gasteiger partial charge in [-0.25, -0.2) is 4.79 Å². The van der Waals surface area contributed by atoms with Crippen LogP contribution in [0.3, 0.4) is 0 Å². The number of amidine groups is 1. The highest BCUT2D eigenvalue weighted by molar-refractivity contribution is 8.15. The lowest BCUT2D eigenvalue weighted by Gasteiger charge is -2.27. The lowest BCUT2D eigenvalue weighted by molar-refractivity contribution is -0.121. The molecule has 2 atom stereocenters. The van der Waals surface area contributed by atoms with E-state index in [1.54, 1.807) is 24.3 Å². The molecule has 2 amide bonds. The number of thioether (sulfide) groups is 1. The molecule has 172 valence electrons. The van der Waals surface area contributed by atoms with Gasteiger partial charge in [-0.1, -0.05) is 11.8 Å². The predicted molar refractivity (Wildman–Crippen MR) is 123 cm³/mol. The zero-order valence-electron chi connectivity index (χ0n) is 18.1. The van der Waals surface area contributed by atoms with Crippen LogP contribution in [0.25, 0.3) is 0 Å². The van der Waals surface area contributed by atoms with E-state index in [1.165, 1.54) is 18.2 Å². The van der Waals surface area contributed by atoms with Crippen molar-refractivity contribution >= 4 is 40.4 Å². The Morgan fingerprint density at radius 3 is 2.62 bits per heavy atom. The first kappa shape index (κ1) is 22.8. The van der Waals surface area contributed by atoms with E-state index in [2.05, 4.69) is 15.2 Å². The summed E-state index contributed by atoms with van der Waals surface area (Å²) in [5.41, 5.74) is 0.981. The van der Waals surface area contributed by atoms with Crippen molar-refractivity contribution in [2.24, 2.45) is 4.99 Å². The minimum absolute atomic E-state index is 0.0261. The summed E-state index contributed by atoms with van der Waals surface area (Å²) in [6, 6.07) is 6.55. The Balaban J connectivity index is 1.22. The highest BCUT2D eigenvalue weighted by atomic mass is 32.2. The standard InChI is InChI=1S/C23H29N3O5S/c27-20(14-19-21(28)25-23(32-19)26-11-3-1-4-12-26)24-17-9-7-16(8-10-17)22(29)31-15-18-6-2-5-13-30-18/h7-10,18-19H,1-6,11-15H2,(H,24,27). The van der Waals surface area contributed by atoms with Crippen molar-refractivity contribution in [1.29, 1.82) is 0 Å². The van der Waals surface area contributed by atoms with E-state index in [9.17, 15) is 14.4 Å². The second-order valence-electron chi connectivity index (χ2n) is 8.30. The van der Waals surface area contributed by atoms with Crippen LogP contribution < -0.4 is 5.32 Å². The van der Waals surface area contributed by atoms with Crippen LogP contribution >= 0.6 is 11.8 Å². The van der Waals surface area contributed by atoms with Gasteiger partial charge in [0, 0.05) is 31.8 Å². The molecule has 3 aliphatic heterocycles. The summed E-state index contributed by atoms with van der Waals surface area (Å²) in [5.74, 6) is -0.908. The van der Waals surface area contributed by atoms with Crippen LogP contribution in [0.15, 0.2) is 29.3 Å². The van der Waals surface area contributed by atoms with Crippen LogP contribution in [0.5, 0.6) is 0 Å². The number of carbonyl (C=O) groups is 3. The third-order valence-electron chi connectivity index (χ3n) is 5.80. The molecule has 0 bridgehead atoms. The van der Waals surface area contributed by atoms with Gasteiger partial charge in [0.2, 0.25) is 5.91 Å². The summed E-state index contributed by atoms with van der Waals surface area (Å²) in [5, 5.41) is 3.05. The predicted octanol–water partition coefficient (Wildman–Crippen LogP) is 3.23. The van der Waals surface area contributed by atoms with E-state index in [0.29, 0.717) is 17.9 Å². The zero-order chi connectivity index (χ0) is 22.3. The normalized spacial score (nSPS) is 23.6. The topological polar surface area (TPSA) is 97.3 Å². The van der Waals surface area contributed by atoms with Crippen molar-refractivity contribution < 1.29 is 23.9 Å². The smallest absolute Gasteiger partial charge is 0.338 e. The fourth-order valence-electron chi connectivity index (χ4n) is 3.99. The van der Waals surface area contributed by atoms with Crippen LogP contribution in [0.2, 0.25) is 0 Å². The maximum absolute atomic E-state index is 12.4. The largest absolute Gasteiger partial charge is 0.459 e. The molecule has 2 saturated heterocycles. The number of carbonyl (C=O) groups excluding carboxylic acids is 3. The molecule has 3 aliphatic rings. The van der Waals surface area contributed by atoms with Gasteiger partial charge in [0.05, 0.1) is 11.7 Å². The van der Waals surface area contributed by atoms with Crippen LogP contribution in [0.4, 0.5) is 5.69 Å². The number of esters is 1. The minimum atomic E-state index is -0.483. The monoisotopic (exact) mass is 459 g/mol. The van der Waals surface area contributed by atoms with E-state index >= 15 is 0 Å². The van der Waals surface area contributed by atoms with Gasteiger partial charge in [0.1, 0.15) is 11.9 Å². The van der Waals surface area contributed by atoms with Crippen molar-refractivity contribution in [1.82, 2.24) is 4.90 Å². The molecule has 9 heteroatoms. The Morgan fingerprint density at radius 2 is 1.91 bits per heavy atom. The second kappa shape index (κ2) is 11.0. The number of hydrogen-bond acceptors (Lipinski definition) is 7. The number of nitrogens with zero attached hydrogens (tertiary/aromatic N) is 2. The number of rotatable bonds is 6. The molecule has 1 N–H and O–H groups in total. The van der Waals surface area contributed by atoms with Gasteiger partial charge < -0.3 is 19.7 Å². The molecule has 0 saturated carbocycles. The van der Waals surface area contributed by atoms with Crippen LogP contribution in [-0.4, -0.2) is 65.5 Å². The summed E-state index contributed by atoms with van der Waals surface area (Å²) in [6.45, 7) is 2.81. The van der Waals surface area contributed by atoms with E-state index in [4.69, 9.17) is 9.47 Å². The molecule has 8 nitrogen and oxygen atoms in total. The Labute approximate surface area is 192 Å². The quantitative estimate of drug-likeness (QED) is 0.652. The Morgan fingerprint density at radius 1 is 1.12 bits per heavy atom. The summed E-state index contributed by atoms with van der Waals surface area (Å²) >= 11 is 1.38. The first-order valence-corrected chi connectivity index (χ1v) is 12.2. The number of likely N-dealkylation sites (tertiary alicyclic amines) is 1. The highest BCUT2D eigenvalue weighted by Gasteiger charge is 2.33. The molecular formula is C23H29N3O5S. The highest BCUT2D eigenvalue weighted by Crippen LogP contribution is 2.29. The molecule has 0 aliphatic carbocycles. The number of nitrogens with one attached hydrogen (secondary N) is 1. The summed E-state index contributed by atoms with van der Waals surface area (Å²) in [4.78, 5) is 43.2. The first-order valence-electron chi connectivity index (χ1n) is 11.3. The molecule has 0 radical (unpaired) electrons. The van der Waals surface area contributed by atoms with Crippen LogP contribution in [0.1, 0.15) is 55.3 Å². The van der Waals surface area contributed by atoms with Gasteiger partial charge in [-0.15, -0.1) is 0 Å². The fraction of sp³-hybridized carbons (Fsp3) is 0.565. The maximum Gasteiger partial charge on any atom is 0.338 e. The maximum atomic E-state index is 12.4. The molecule has 2 fully saturated rings. The SMILES string of the molecule is O=C(CC1SC(N2CCCCC2)=NC1=O)Nc1ccc(C(=O)OCC2CCCCO2)cc1. The number of hydrogen-bond donors (Lipinski definition) is 1. The second-order valence-corrected chi connectivity index (χ2v) is 9.47. The van der Waals surface area contributed by atoms with E-state index in [1.807, 2.05) is 0 Å². The van der Waals surface area contributed by atoms with Gasteiger partial charge >= 0.3 is 5.97 Å². The molecule has 2 unspecified atom stereocenters. The van der Waals surface area contributed by atoms with Crippen LogP contribution in [-0.2, 0) is 19.1 Å². The molecule has 4 rings (SSSR count). The van der Waals surface area contributed by atoms with Gasteiger partial charge in [0.15, 0.2) is 5.17 Å². The van der Waals surface area contributed by atoms with Crippen molar-refractivity contribution in [2.75, 3.05) is 31.6 Å². The Kier molecular flexibility index (Phi) is 7.81. The molecule has 0 spiro atoms. The van der Waals surface area contributed by atoms with Crippen molar-refractivity contribution in [3.8, 4) is 0 Å². The van der Waals surface area contributed by atoms with Crippen molar-refractivity contribution in [3.05, 3.63) is 29.8 Å². The third kappa shape index (κ3) is 6.10. The van der Waals surface area contributed by atoms with E-state index in [-0.39, 0.29) is 30.9 Å². The lowest BCUT2D eigenvalue weighted by atomic mass is 10.1. The van der Waals surface area contributed by atoms with Gasteiger partial charge in [-0.2, -0.15) is 4.99 Å². The average Bonchev–Trinajstić information content (AvgIpc) is 3.19. The molecule has 0 aromatic heterocycles. The van der Waals surface area contributed by atoms with E-state index < -0.39 is 11.2 Å². The Hall–Kier alpha value is -2.39. The third-order valence-corrected chi connectivity index (χ3v) is 7.02. The van der Waals surface area contributed by atoms with Crippen LogP contribution in [0, 0.1) is 0 Å². The molecule has 3 heterocycles. The number of aliphatic imine (C=N–C) groups is 1.